The highest BCUT2D eigenvalue weighted by atomic mass is 32.3. The Morgan fingerprint density at radius 1 is 1.56 bits per heavy atom. The molecule has 0 bridgehead atoms. The monoisotopic (exact) mass is 408 g/mol. The fraction of sp³-hybridized carbons (Fsp3) is 0.500. The molecule has 0 saturated carbocycles. The van der Waals surface area contributed by atoms with Crippen LogP contribution >= 0.6 is 11.3 Å². The number of amides is 1. The molecule has 1 aliphatic rings. The smallest absolute Gasteiger partial charge is 0.410 e. The molecule has 1 aliphatic heterocycles. The molecule has 1 aromatic rings. The molecule has 2 heterocycles. The molecule has 2 rings (SSSR count). The molecule has 2 N–H and O–H groups in total. The largest absolute Gasteiger partial charge is 0.445 e. The molecule has 1 amide bonds. The summed E-state index contributed by atoms with van der Waals surface area (Å²) in [7, 11) is -7.72. The van der Waals surface area contributed by atoms with Gasteiger partial charge in [-0.3, -0.25) is 0 Å². The number of primary sulfonamides is 1. The SMILES string of the molecule is C=CCOC(=O)N(CC)[C@H]1CC(C)S(=O)(=O)c2sc(S(N)(=O)=O)cc21. The maximum atomic E-state index is 12.6. The summed E-state index contributed by atoms with van der Waals surface area (Å²) in [5, 5.41) is 4.38. The Bertz CT molecular complexity index is 888. The van der Waals surface area contributed by atoms with Gasteiger partial charge in [-0.2, -0.15) is 0 Å². The number of sulfonamides is 1. The predicted molar refractivity (Wildman–Crippen MR) is 93.6 cm³/mol. The summed E-state index contributed by atoms with van der Waals surface area (Å²) < 4.78 is 53.2. The Balaban J connectivity index is 2.56. The number of hydrogen-bond donors (Lipinski definition) is 1. The van der Waals surface area contributed by atoms with E-state index in [-0.39, 0.29) is 33.6 Å². The van der Waals surface area contributed by atoms with Crippen LogP contribution in [-0.2, 0) is 24.6 Å². The summed E-state index contributed by atoms with van der Waals surface area (Å²) in [6.45, 7) is 7.03. The summed E-state index contributed by atoms with van der Waals surface area (Å²) in [5.41, 5.74) is 0.268. The third-order valence-corrected chi connectivity index (χ3v) is 9.28. The number of rotatable bonds is 5. The Morgan fingerprint density at radius 2 is 2.20 bits per heavy atom. The normalized spacial score (nSPS) is 22.0. The number of carbonyl (C=O) groups is 1. The molecular formula is C14H20N2O6S3. The van der Waals surface area contributed by atoms with Crippen LogP contribution in [0.2, 0.25) is 0 Å². The zero-order valence-corrected chi connectivity index (χ0v) is 16.3. The fourth-order valence-corrected chi connectivity index (χ4v) is 7.09. The lowest BCUT2D eigenvalue weighted by Crippen LogP contribution is -2.40. The second-order valence-corrected chi connectivity index (χ2v) is 11.0. The van der Waals surface area contributed by atoms with Gasteiger partial charge in [0.25, 0.3) is 0 Å². The molecule has 25 heavy (non-hydrogen) atoms. The summed E-state index contributed by atoms with van der Waals surface area (Å²) in [6.07, 6.45) is 0.954. The van der Waals surface area contributed by atoms with Gasteiger partial charge >= 0.3 is 6.09 Å². The number of nitrogens with zero attached hydrogens (tertiary/aromatic N) is 1. The van der Waals surface area contributed by atoms with Crippen molar-refractivity contribution in [3.05, 3.63) is 24.3 Å². The van der Waals surface area contributed by atoms with Gasteiger partial charge in [-0.05, 0) is 26.3 Å². The highest BCUT2D eigenvalue weighted by molar-refractivity contribution is 7.95. The first kappa shape index (κ1) is 19.9. The highest BCUT2D eigenvalue weighted by Gasteiger charge is 2.42. The lowest BCUT2D eigenvalue weighted by molar-refractivity contribution is 0.0937. The molecule has 140 valence electrons. The van der Waals surface area contributed by atoms with Gasteiger partial charge in [0.05, 0.1) is 11.3 Å². The Kier molecular flexibility index (Phi) is 5.62. The zero-order valence-electron chi connectivity index (χ0n) is 13.8. The molecule has 0 radical (unpaired) electrons. The number of thiophene rings is 1. The third-order valence-electron chi connectivity index (χ3n) is 3.96. The maximum Gasteiger partial charge on any atom is 0.410 e. The minimum atomic E-state index is -4.05. The molecular weight excluding hydrogens is 388 g/mol. The molecule has 11 heteroatoms. The van der Waals surface area contributed by atoms with E-state index in [0.717, 1.165) is 0 Å². The van der Waals surface area contributed by atoms with Gasteiger partial charge in [0.1, 0.15) is 15.0 Å². The maximum absolute atomic E-state index is 12.6. The summed E-state index contributed by atoms with van der Waals surface area (Å²) >= 11 is 0.618. The molecule has 8 nitrogen and oxygen atoms in total. The van der Waals surface area contributed by atoms with Crippen molar-refractivity contribution in [3.63, 3.8) is 0 Å². The van der Waals surface area contributed by atoms with Crippen LogP contribution in [0.15, 0.2) is 27.1 Å². The van der Waals surface area contributed by atoms with Crippen molar-refractivity contribution in [2.45, 2.75) is 40.0 Å². The zero-order chi connectivity index (χ0) is 19.0. The molecule has 1 aromatic heterocycles. The van der Waals surface area contributed by atoms with Crippen LogP contribution in [0.3, 0.4) is 0 Å². The van der Waals surface area contributed by atoms with E-state index in [1.807, 2.05) is 0 Å². The van der Waals surface area contributed by atoms with Crippen molar-refractivity contribution < 1.29 is 26.4 Å². The van der Waals surface area contributed by atoms with E-state index < -0.39 is 37.2 Å². The predicted octanol–water partition coefficient (Wildman–Crippen LogP) is 1.65. The second-order valence-electron chi connectivity index (χ2n) is 5.61. The average Bonchev–Trinajstić information content (AvgIpc) is 2.97. The fourth-order valence-electron chi connectivity index (χ4n) is 2.70. The number of sulfone groups is 1. The first-order valence-corrected chi connectivity index (χ1v) is 11.4. The van der Waals surface area contributed by atoms with Crippen LogP contribution in [0.5, 0.6) is 0 Å². The quantitative estimate of drug-likeness (QED) is 0.739. The number of ether oxygens (including phenoxy) is 1. The van der Waals surface area contributed by atoms with Crippen molar-refractivity contribution in [2.75, 3.05) is 13.2 Å². The van der Waals surface area contributed by atoms with Crippen LogP contribution < -0.4 is 5.14 Å². The number of fused-ring (bicyclic) bond motifs is 1. The third kappa shape index (κ3) is 3.73. The number of carbonyl (C=O) groups excluding carboxylic acids is 1. The van der Waals surface area contributed by atoms with Crippen LogP contribution in [0, 0.1) is 0 Å². The van der Waals surface area contributed by atoms with Gasteiger partial charge in [-0.25, -0.2) is 26.8 Å². The van der Waals surface area contributed by atoms with Gasteiger partial charge < -0.3 is 9.64 Å². The van der Waals surface area contributed by atoms with E-state index in [4.69, 9.17) is 9.88 Å². The van der Waals surface area contributed by atoms with E-state index in [0.29, 0.717) is 11.3 Å². The Morgan fingerprint density at radius 3 is 2.72 bits per heavy atom. The molecule has 0 aliphatic carbocycles. The van der Waals surface area contributed by atoms with Crippen molar-refractivity contribution in [2.24, 2.45) is 5.14 Å². The number of nitrogens with two attached hydrogens (primary N) is 1. The van der Waals surface area contributed by atoms with Gasteiger partial charge in [-0.15, -0.1) is 11.3 Å². The first-order valence-electron chi connectivity index (χ1n) is 7.48. The molecule has 0 spiro atoms. The van der Waals surface area contributed by atoms with Crippen LogP contribution in [-0.4, -0.2) is 46.2 Å². The topological polar surface area (TPSA) is 124 Å². The van der Waals surface area contributed by atoms with Gasteiger partial charge in [0.2, 0.25) is 10.0 Å². The number of hydrogen-bond acceptors (Lipinski definition) is 7. The van der Waals surface area contributed by atoms with E-state index in [2.05, 4.69) is 6.58 Å². The van der Waals surface area contributed by atoms with Crippen molar-refractivity contribution in [1.29, 1.82) is 0 Å². The summed E-state index contributed by atoms with van der Waals surface area (Å²) in [5.74, 6) is 0. The van der Waals surface area contributed by atoms with Crippen LogP contribution in [0.4, 0.5) is 4.79 Å². The Labute approximate surface area is 151 Å². The molecule has 0 fully saturated rings. The van der Waals surface area contributed by atoms with Crippen LogP contribution in [0.25, 0.3) is 0 Å². The average molecular weight is 409 g/mol. The minimum absolute atomic E-state index is 0.0226. The summed E-state index contributed by atoms with van der Waals surface area (Å²) in [6, 6.07) is 0.634. The Hall–Kier alpha value is -1.43. The van der Waals surface area contributed by atoms with Gasteiger partial charge in [-0.1, -0.05) is 12.7 Å². The van der Waals surface area contributed by atoms with E-state index in [1.54, 1.807) is 6.92 Å². The molecule has 2 atom stereocenters. The van der Waals surface area contributed by atoms with E-state index >= 15 is 0 Å². The summed E-state index contributed by atoms with van der Waals surface area (Å²) in [4.78, 5) is 13.7. The molecule has 1 unspecified atom stereocenters. The first-order chi connectivity index (χ1) is 11.5. The minimum Gasteiger partial charge on any atom is -0.445 e. The highest BCUT2D eigenvalue weighted by Crippen LogP contribution is 2.45. The lowest BCUT2D eigenvalue weighted by Gasteiger charge is -2.35. The standard InChI is InChI=1S/C14H20N2O6S3/c1-4-6-22-14(17)16(5-2)11-7-9(3)24(18,19)13-10(11)8-12(23-13)25(15,20)21/h4,8-9,11H,1,5-7H2,2-3H3,(H2,15,20,21)/t9?,11-/m0/s1. The van der Waals surface area contributed by atoms with E-state index in [1.165, 1.54) is 24.0 Å². The van der Waals surface area contributed by atoms with E-state index in [9.17, 15) is 21.6 Å². The van der Waals surface area contributed by atoms with Crippen LogP contribution in [0.1, 0.15) is 31.9 Å². The lowest BCUT2D eigenvalue weighted by atomic mass is 10.0. The van der Waals surface area contributed by atoms with Crippen molar-refractivity contribution >= 4 is 37.3 Å². The van der Waals surface area contributed by atoms with Crippen molar-refractivity contribution in [1.82, 2.24) is 4.90 Å². The van der Waals surface area contributed by atoms with Crippen molar-refractivity contribution in [3.8, 4) is 0 Å². The van der Waals surface area contributed by atoms with Gasteiger partial charge in [0, 0.05) is 12.1 Å². The molecule has 0 saturated heterocycles. The van der Waals surface area contributed by atoms with Gasteiger partial charge in [0.15, 0.2) is 9.84 Å². The molecule has 0 aromatic carbocycles. The second kappa shape index (κ2) is 7.06.